The Morgan fingerprint density at radius 1 is 1.07 bits per heavy atom. The standard InChI is InChI=1S/C12H12O2/c1-2-8-3-5-10-9(7-8)4-6-11(13)12(10)14/h3-7,13-14H,2H2,1H3. The Hall–Kier alpha value is -1.70. The van der Waals surface area contributed by atoms with E-state index in [1.54, 1.807) is 0 Å². The van der Waals surface area contributed by atoms with E-state index in [1.807, 2.05) is 24.3 Å². The number of phenols is 2. The van der Waals surface area contributed by atoms with E-state index in [4.69, 9.17) is 0 Å². The zero-order chi connectivity index (χ0) is 10.1. The topological polar surface area (TPSA) is 40.5 Å². The largest absolute Gasteiger partial charge is 0.504 e. The number of benzene rings is 2. The molecule has 2 nitrogen and oxygen atoms in total. The Bertz CT molecular complexity index is 475. The van der Waals surface area contributed by atoms with Gasteiger partial charge in [-0.3, -0.25) is 0 Å². The summed E-state index contributed by atoms with van der Waals surface area (Å²) in [5.74, 6) is -0.105. The average molecular weight is 188 g/mol. The molecule has 0 atom stereocenters. The first kappa shape index (κ1) is 8.88. The maximum Gasteiger partial charge on any atom is 0.165 e. The van der Waals surface area contributed by atoms with Crippen LogP contribution < -0.4 is 0 Å². The first-order valence-corrected chi connectivity index (χ1v) is 4.66. The third-order valence-corrected chi connectivity index (χ3v) is 2.44. The summed E-state index contributed by atoms with van der Waals surface area (Å²) in [5.41, 5.74) is 1.22. The summed E-state index contributed by atoms with van der Waals surface area (Å²) in [5, 5.41) is 20.5. The fourth-order valence-electron chi connectivity index (χ4n) is 1.57. The van der Waals surface area contributed by atoms with Crippen LogP contribution in [0.2, 0.25) is 0 Å². The molecule has 2 N–H and O–H groups in total. The summed E-state index contributed by atoms with van der Waals surface area (Å²) in [6, 6.07) is 9.14. The Kier molecular flexibility index (Phi) is 2.04. The van der Waals surface area contributed by atoms with E-state index in [0.717, 1.165) is 11.8 Å². The molecule has 2 heteroatoms. The molecule has 14 heavy (non-hydrogen) atoms. The van der Waals surface area contributed by atoms with Gasteiger partial charge in [-0.25, -0.2) is 0 Å². The number of aryl methyl sites for hydroxylation is 1. The molecule has 0 spiro atoms. The average Bonchev–Trinajstić information content (AvgIpc) is 2.23. The van der Waals surface area contributed by atoms with Gasteiger partial charge < -0.3 is 10.2 Å². The van der Waals surface area contributed by atoms with Crippen molar-refractivity contribution in [3.63, 3.8) is 0 Å². The molecular formula is C12H12O2. The third kappa shape index (κ3) is 1.29. The van der Waals surface area contributed by atoms with Crippen molar-refractivity contribution in [1.29, 1.82) is 0 Å². The fourth-order valence-corrected chi connectivity index (χ4v) is 1.57. The molecule has 0 saturated heterocycles. The maximum absolute atomic E-state index is 9.57. The van der Waals surface area contributed by atoms with Crippen molar-refractivity contribution in [2.75, 3.05) is 0 Å². The molecule has 0 fully saturated rings. The van der Waals surface area contributed by atoms with Gasteiger partial charge in [0.15, 0.2) is 11.5 Å². The van der Waals surface area contributed by atoms with Gasteiger partial charge >= 0.3 is 0 Å². The quantitative estimate of drug-likeness (QED) is 0.675. The van der Waals surface area contributed by atoms with Crippen molar-refractivity contribution in [3.8, 4) is 11.5 Å². The van der Waals surface area contributed by atoms with Gasteiger partial charge in [0.25, 0.3) is 0 Å². The lowest BCUT2D eigenvalue weighted by atomic mass is 10.0. The van der Waals surface area contributed by atoms with Crippen LogP contribution in [0.3, 0.4) is 0 Å². The molecule has 2 aromatic carbocycles. The van der Waals surface area contributed by atoms with E-state index < -0.39 is 0 Å². The second-order valence-corrected chi connectivity index (χ2v) is 3.34. The van der Waals surface area contributed by atoms with E-state index in [1.165, 1.54) is 11.6 Å². The third-order valence-electron chi connectivity index (χ3n) is 2.44. The molecule has 2 aromatic rings. The van der Waals surface area contributed by atoms with Gasteiger partial charge in [-0.2, -0.15) is 0 Å². The van der Waals surface area contributed by atoms with Gasteiger partial charge in [-0.05, 0) is 23.4 Å². The van der Waals surface area contributed by atoms with Crippen LogP contribution in [0.5, 0.6) is 11.5 Å². The fraction of sp³-hybridized carbons (Fsp3) is 0.167. The second kappa shape index (κ2) is 3.22. The molecular weight excluding hydrogens is 176 g/mol. The van der Waals surface area contributed by atoms with Crippen molar-refractivity contribution in [1.82, 2.24) is 0 Å². The van der Waals surface area contributed by atoms with Crippen LogP contribution >= 0.6 is 0 Å². The normalized spacial score (nSPS) is 10.6. The lowest BCUT2D eigenvalue weighted by Crippen LogP contribution is -1.81. The van der Waals surface area contributed by atoms with Crippen LogP contribution in [0.1, 0.15) is 12.5 Å². The Morgan fingerprint density at radius 3 is 2.57 bits per heavy atom. The van der Waals surface area contributed by atoms with Gasteiger partial charge in [0.1, 0.15) is 0 Å². The summed E-state index contributed by atoms with van der Waals surface area (Å²) in [7, 11) is 0. The number of hydrogen-bond acceptors (Lipinski definition) is 2. The highest BCUT2D eigenvalue weighted by Gasteiger charge is 2.04. The molecule has 0 aliphatic rings. The van der Waals surface area contributed by atoms with Gasteiger partial charge in [0.2, 0.25) is 0 Å². The molecule has 0 saturated carbocycles. The highest BCUT2D eigenvalue weighted by Crippen LogP contribution is 2.33. The van der Waals surface area contributed by atoms with E-state index in [0.29, 0.717) is 5.39 Å². The lowest BCUT2D eigenvalue weighted by Gasteiger charge is -2.04. The summed E-state index contributed by atoms with van der Waals surface area (Å²) in [4.78, 5) is 0. The molecule has 2 rings (SSSR count). The number of phenolic OH excluding ortho intramolecular Hbond substituents is 2. The highest BCUT2D eigenvalue weighted by molar-refractivity contribution is 5.90. The van der Waals surface area contributed by atoms with E-state index in [2.05, 4.69) is 6.92 Å². The molecule has 0 bridgehead atoms. The van der Waals surface area contributed by atoms with Crippen molar-refractivity contribution in [2.45, 2.75) is 13.3 Å². The van der Waals surface area contributed by atoms with Gasteiger partial charge in [-0.15, -0.1) is 0 Å². The first-order valence-electron chi connectivity index (χ1n) is 4.66. The number of aromatic hydroxyl groups is 2. The lowest BCUT2D eigenvalue weighted by molar-refractivity contribution is 0.408. The monoisotopic (exact) mass is 188 g/mol. The molecule has 0 heterocycles. The van der Waals surface area contributed by atoms with Gasteiger partial charge in [0, 0.05) is 5.39 Å². The Morgan fingerprint density at radius 2 is 1.86 bits per heavy atom. The predicted octanol–water partition coefficient (Wildman–Crippen LogP) is 2.81. The minimum absolute atomic E-state index is 0.0369. The highest BCUT2D eigenvalue weighted by atomic mass is 16.3. The predicted molar refractivity (Wildman–Crippen MR) is 56.7 cm³/mol. The molecule has 0 aromatic heterocycles. The summed E-state index contributed by atoms with van der Waals surface area (Å²) >= 11 is 0. The first-order chi connectivity index (χ1) is 6.72. The minimum Gasteiger partial charge on any atom is -0.504 e. The molecule has 0 amide bonds. The Labute approximate surface area is 82.4 Å². The molecule has 0 aliphatic heterocycles. The van der Waals surface area contributed by atoms with Crippen LogP contribution in [0, 0.1) is 0 Å². The second-order valence-electron chi connectivity index (χ2n) is 3.34. The zero-order valence-electron chi connectivity index (χ0n) is 7.99. The Balaban J connectivity index is 2.74. The van der Waals surface area contributed by atoms with Crippen molar-refractivity contribution in [2.24, 2.45) is 0 Å². The zero-order valence-corrected chi connectivity index (χ0v) is 7.99. The molecule has 72 valence electrons. The van der Waals surface area contributed by atoms with Crippen molar-refractivity contribution >= 4 is 10.8 Å². The SMILES string of the molecule is CCc1ccc2c(O)c(O)ccc2c1. The molecule has 0 aliphatic carbocycles. The van der Waals surface area contributed by atoms with Crippen LogP contribution in [0.25, 0.3) is 10.8 Å². The van der Waals surface area contributed by atoms with Crippen molar-refractivity contribution < 1.29 is 10.2 Å². The minimum atomic E-state index is -0.0678. The van der Waals surface area contributed by atoms with E-state index in [-0.39, 0.29) is 11.5 Å². The number of fused-ring (bicyclic) bond motifs is 1. The van der Waals surface area contributed by atoms with Crippen molar-refractivity contribution in [3.05, 3.63) is 35.9 Å². The number of rotatable bonds is 1. The van der Waals surface area contributed by atoms with Crippen LogP contribution in [0.15, 0.2) is 30.3 Å². The van der Waals surface area contributed by atoms with Gasteiger partial charge in [0.05, 0.1) is 0 Å². The smallest absolute Gasteiger partial charge is 0.165 e. The molecule has 0 unspecified atom stereocenters. The van der Waals surface area contributed by atoms with E-state index in [9.17, 15) is 10.2 Å². The van der Waals surface area contributed by atoms with Crippen LogP contribution in [-0.2, 0) is 6.42 Å². The summed E-state index contributed by atoms with van der Waals surface area (Å²) in [6.45, 7) is 2.08. The maximum atomic E-state index is 9.57. The summed E-state index contributed by atoms with van der Waals surface area (Å²) < 4.78 is 0. The molecule has 0 radical (unpaired) electrons. The van der Waals surface area contributed by atoms with Gasteiger partial charge in [-0.1, -0.05) is 31.2 Å². The van der Waals surface area contributed by atoms with Crippen LogP contribution in [-0.4, -0.2) is 10.2 Å². The van der Waals surface area contributed by atoms with Crippen LogP contribution in [0.4, 0.5) is 0 Å². The summed E-state index contributed by atoms with van der Waals surface area (Å²) in [6.07, 6.45) is 0.970. The van der Waals surface area contributed by atoms with E-state index >= 15 is 0 Å². The number of hydrogen-bond donors (Lipinski definition) is 2.